The van der Waals surface area contributed by atoms with Crippen LogP contribution in [0.5, 0.6) is 0 Å². The van der Waals surface area contributed by atoms with Crippen LogP contribution in [0.4, 0.5) is 0 Å². The highest BCUT2D eigenvalue weighted by Crippen LogP contribution is 1.91. The van der Waals surface area contributed by atoms with Crippen molar-refractivity contribution < 1.29 is 21.2 Å². The maximum atomic E-state index is 9.89. The number of hydrogen-bond acceptors (Lipinski definition) is 2. The van der Waals surface area contributed by atoms with Gasteiger partial charge in [0.05, 0.1) is 1.37 Å². The number of aliphatic carboxylic acids is 2. The quantitative estimate of drug-likeness (QED) is 0.493. The summed E-state index contributed by atoms with van der Waals surface area (Å²) < 4.78 is 6.64. The predicted octanol–water partition coefficient (Wildman–Crippen LogP) is -0.208. The summed E-state index contributed by atoms with van der Waals surface area (Å²) in [5.74, 6) is -5.73. The van der Waals surface area contributed by atoms with Gasteiger partial charge in [-0.15, -0.1) is 0 Å². The van der Waals surface area contributed by atoms with E-state index in [9.17, 15) is 9.59 Å². The van der Waals surface area contributed by atoms with E-state index in [0.717, 1.165) is 6.92 Å². The summed E-state index contributed by atoms with van der Waals surface area (Å²) in [5.41, 5.74) is 0. The molecule has 0 bridgehead atoms. The summed E-state index contributed by atoms with van der Waals surface area (Å²) in [7, 11) is 0. The maximum Gasteiger partial charge on any atom is 0.317 e. The Kier molecular flexibility index (Phi) is 1.46. The SMILES string of the molecule is [2H]C(C)(C(=O)O)C(=O)O. The Morgan fingerprint density at radius 1 is 1.50 bits per heavy atom. The van der Waals surface area contributed by atoms with E-state index in [0.29, 0.717) is 0 Å². The summed E-state index contributed by atoms with van der Waals surface area (Å²) in [6.07, 6.45) is 0. The van der Waals surface area contributed by atoms with Crippen LogP contribution in [0.25, 0.3) is 0 Å². The average molecular weight is 119 g/mol. The molecular weight excluding hydrogens is 112 g/mol. The van der Waals surface area contributed by atoms with Crippen molar-refractivity contribution in [1.29, 1.82) is 0 Å². The molecule has 0 amide bonds. The van der Waals surface area contributed by atoms with E-state index < -0.39 is 17.8 Å². The zero-order chi connectivity index (χ0) is 7.65. The molecular formula is C4H6O4. The van der Waals surface area contributed by atoms with Crippen molar-refractivity contribution in [1.82, 2.24) is 0 Å². The van der Waals surface area contributed by atoms with Crippen molar-refractivity contribution in [2.45, 2.75) is 6.92 Å². The molecule has 0 heterocycles. The number of carboxylic acid groups (broad SMARTS) is 2. The van der Waals surface area contributed by atoms with Gasteiger partial charge in [0.2, 0.25) is 0 Å². The second kappa shape index (κ2) is 2.30. The number of rotatable bonds is 2. The molecule has 0 aromatic rings. The van der Waals surface area contributed by atoms with Crippen molar-refractivity contribution in [3.63, 3.8) is 0 Å². The molecule has 4 heteroatoms. The third-order valence-electron chi connectivity index (χ3n) is 0.642. The lowest BCUT2D eigenvalue weighted by Crippen LogP contribution is -2.19. The van der Waals surface area contributed by atoms with E-state index in [1.54, 1.807) is 0 Å². The van der Waals surface area contributed by atoms with E-state index in [1.165, 1.54) is 0 Å². The zero-order valence-corrected chi connectivity index (χ0v) is 4.21. The van der Waals surface area contributed by atoms with Crippen LogP contribution in [0.15, 0.2) is 0 Å². The second-order valence-corrected chi connectivity index (χ2v) is 1.24. The highest BCUT2D eigenvalue weighted by Gasteiger charge is 2.18. The van der Waals surface area contributed by atoms with Crippen LogP contribution in [-0.2, 0) is 9.59 Å². The van der Waals surface area contributed by atoms with Crippen molar-refractivity contribution in [3.8, 4) is 0 Å². The van der Waals surface area contributed by atoms with Crippen molar-refractivity contribution in [2.24, 2.45) is 5.89 Å². The maximum absolute atomic E-state index is 9.89. The van der Waals surface area contributed by atoms with Gasteiger partial charge in [-0.1, -0.05) is 0 Å². The number of carboxylic acids is 2. The van der Waals surface area contributed by atoms with Gasteiger partial charge in [-0.25, -0.2) is 0 Å². The molecule has 0 aromatic heterocycles. The van der Waals surface area contributed by atoms with E-state index in [2.05, 4.69) is 0 Å². The van der Waals surface area contributed by atoms with Gasteiger partial charge in [0, 0.05) is 0 Å². The Hall–Kier alpha value is -1.06. The minimum atomic E-state index is -2.42. The fraction of sp³-hybridized carbons (Fsp3) is 0.500. The highest BCUT2D eigenvalue weighted by atomic mass is 16.4. The molecule has 46 valence electrons. The fourth-order valence-electron chi connectivity index (χ4n) is 0.0915. The lowest BCUT2D eigenvalue weighted by atomic mass is 10.2. The number of hydrogen-bond donors (Lipinski definition) is 2. The third kappa shape index (κ3) is 1.59. The molecule has 0 saturated carbocycles. The molecule has 0 aromatic carbocycles. The van der Waals surface area contributed by atoms with Gasteiger partial charge in [-0.05, 0) is 6.92 Å². The van der Waals surface area contributed by atoms with E-state index in [1.807, 2.05) is 0 Å². The molecule has 0 saturated heterocycles. The van der Waals surface area contributed by atoms with Crippen molar-refractivity contribution in [2.75, 3.05) is 0 Å². The summed E-state index contributed by atoms with van der Waals surface area (Å²) in [5, 5.41) is 16.1. The molecule has 2 N–H and O–H groups in total. The van der Waals surface area contributed by atoms with Gasteiger partial charge in [-0.2, -0.15) is 0 Å². The largest absolute Gasteiger partial charge is 0.481 e. The Bertz CT molecular complexity index is 135. The molecule has 4 nitrogen and oxygen atoms in total. The predicted molar refractivity (Wildman–Crippen MR) is 24.4 cm³/mol. The Balaban J connectivity index is 4.38. The second-order valence-electron chi connectivity index (χ2n) is 1.24. The van der Waals surface area contributed by atoms with Crippen LogP contribution < -0.4 is 0 Å². The smallest absolute Gasteiger partial charge is 0.317 e. The average Bonchev–Trinajstić information content (AvgIpc) is 1.65. The van der Waals surface area contributed by atoms with Crippen molar-refractivity contribution >= 4 is 11.9 Å². The molecule has 0 fully saturated rings. The summed E-state index contributed by atoms with van der Waals surface area (Å²) in [4.78, 5) is 19.8. The van der Waals surface area contributed by atoms with Gasteiger partial charge >= 0.3 is 11.9 Å². The number of carbonyl (C=O) groups is 2. The third-order valence-corrected chi connectivity index (χ3v) is 0.642. The van der Waals surface area contributed by atoms with Crippen LogP contribution in [0, 0.1) is 5.89 Å². The molecule has 0 aliphatic heterocycles. The molecule has 8 heavy (non-hydrogen) atoms. The minimum absolute atomic E-state index is 0.803. The normalized spacial score (nSPS) is 12.4. The van der Waals surface area contributed by atoms with Gasteiger partial charge in [0.15, 0.2) is 5.89 Å². The Morgan fingerprint density at radius 3 is 1.75 bits per heavy atom. The molecule has 0 unspecified atom stereocenters. The first kappa shape index (κ1) is 5.08. The molecule has 0 spiro atoms. The molecule has 0 atom stereocenters. The van der Waals surface area contributed by atoms with Crippen LogP contribution in [0.2, 0.25) is 0 Å². The van der Waals surface area contributed by atoms with Crippen LogP contribution in [0.1, 0.15) is 8.29 Å². The fourth-order valence-corrected chi connectivity index (χ4v) is 0.0915. The molecule has 0 aliphatic rings. The van der Waals surface area contributed by atoms with Gasteiger partial charge in [0.25, 0.3) is 0 Å². The Morgan fingerprint density at radius 2 is 1.75 bits per heavy atom. The first-order valence-corrected chi connectivity index (χ1v) is 1.86. The van der Waals surface area contributed by atoms with E-state index in [4.69, 9.17) is 11.6 Å². The van der Waals surface area contributed by atoms with Gasteiger partial charge < -0.3 is 10.2 Å². The highest BCUT2D eigenvalue weighted by molar-refractivity contribution is 5.92. The van der Waals surface area contributed by atoms with Crippen molar-refractivity contribution in [3.05, 3.63) is 0 Å². The van der Waals surface area contributed by atoms with Crippen LogP contribution in [-0.4, -0.2) is 22.2 Å². The standard InChI is InChI=1S/C4H6O4/c1-2(3(5)6)4(7)8/h2H,1H3,(H,5,6)(H,7,8)/i2D. The molecule has 0 aliphatic carbocycles. The van der Waals surface area contributed by atoms with E-state index in [-0.39, 0.29) is 0 Å². The topological polar surface area (TPSA) is 74.6 Å². The lowest BCUT2D eigenvalue weighted by Gasteiger charge is -1.94. The summed E-state index contributed by atoms with van der Waals surface area (Å²) in [6, 6.07) is 0. The minimum Gasteiger partial charge on any atom is -0.481 e. The first-order chi connectivity index (χ1) is 3.89. The van der Waals surface area contributed by atoms with Crippen LogP contribution >= 0.6 is 0 Å². The summed E-state index contributed by atoms with van der Waals surface area (Å²) in [6.45, 7) is 0.803. The van der Waals surface area contributed by atoms with Crippen LogP contribution in [0.3, 0.4) is 0 Å². The monoisotopic (exact) mass is 119 g/mol. The molecule has 0 rings (SSSR count). The van der Waals surface area contributed by atoms with Gasteiger partial charge in [-0.3, -0.25) is 9.59 Å². The Labute approximate surface area is 47.2 Å². The first-order valence-electron chi connectivity index (χ1n) is 2.36. The van der Waals surface area contributed by atoms with E-state index >= 15 is 0 Å². The zero-order valence-electron chi connectivity index (χ0n) is 5.21. The lowest BCUT2D eigenvalue weighted by molar-refractivity contribution is -0.153. The summed E-state index contributed by atoms with van der Waals surface area (Å²) >= 11 is 0. The van der Waals surface area contributed by atoms with Gasteiger partial charge in [0.1, 0.15) is 0 Å². The molecule has 0 radical (unpaired) electrons.